The quantitative estimate of drug-likeness (QED) is 0.746. The Kier molecular flexibility index (Phi) is 2.35. The lowest BCUT2D eigenvalue weighted by Gasteiger charge is -2.05. The maximum Gasteiger partial charge on any atom is 0.160 e. The topological polar surface area (TPSA) is 88.1 Å². The van der Waals surface area contributed by atoms with E-state index in [2.05, 4.69) is 10.2 Å². The molecule has 0 amide bonds. The fourth-order valence-corrected chi connectivity index (χ4v) is 3.99. The van der Waals surface area contributed by atoms with Crippen molar-refractivity contribution < 1.29 is 8.42 Å². The van der Waals surface area contributed by atoms with Gasteiger partial charge >= 0.3 is 0 Å². The van der Waals surface area contributed by atoms with Crippen LogP contribution < -0.4 is 0 Å². The second-order valence-electron chi connectivity index (χ2n) is 4.42. The molecule has 6 nitrogen and oxygen atoms in total. The maximum absolute atomic E-state index is 11.5. The molecule has 3 rings (SSSR count). The molecule has 1 aliphatic rings. The van der Waals surface area contributed by atoms with E-state index >= 15 is 0 Å². The van der Waals surface area contributed by atoms with Gasteiger partial charge in [0.05, 0.1) is 17.1 Å². The molecule has 0 aromatic carbocycles. The van der Waals surface area contributed by atoms with Crippen LogP contribution in [0.1, 0.15) is 23.7 Å². The first-order valence-electron chi connectivity index (χ1n) is 5.54. The minimum absolute atomic E-state index is 0.116. The summed E-state index contributed by atoms with van der Waals surface area (Å²) < 4.78 is 24.7. The highest BCUT2D eigenvalue weighted by Crippen LogP contribution is 2.27. The van der Waals surface area contributed by atoms with Crippen LogP contribution in [0.4, 0.5) is 0 Å². The van der Waals surface area contributed by atoms with E-state index in [-0.39, 0.29) is 17.4 Å². The Balaban J connectivity index is 2.10. The minimum Gasteiger partial charge on any atom is -0.285 e. The monoisotopic (exact) mass is 262 g/mol. The van der Waals surface area contributed by atoms with Gasteiger partial charge in [0.25, 0.3) is 0 Å². The van der Waals surface area contributed by atoms with E-state index < -0.39 is 9.84 Å². The SMILES string of the molecule is N#Cc1ccc2nnc(C3CCS(=O)(=O)C3)n2c1. The highest BCUT2D eigenvalue weighted by Gasteiger charge is 2.32. The smallest absolute Gasteiger partial charge is 0.160 e. The molecule has 1 aliphatic heterocycles. The van der Waals surface area contributed by atoms with E-state index in [0.29, 0.717) is 23.5 Å². The number of pyridine rings is 1. The van der Waals surface area contributed by atoms with E-state index in [0.717, 1.165) is 0 Å². The molecular weight excluding hydrogens is 252 g/mol. The molecule has 3 heterocycles. The predicted octanol–water partition coefficient (Wildman–Crippen LogP) is 0.503. The van der Waals surface area contributed by atoms with Crippen LogP contribution in [0.3, 0.4) is 0 Å². The number of nitrogens with zero attached hydrogens (tertiary/aromatic N) is 4. The number of rotatable bonds is 1. The van der Waals surface area contributed by atoms with Gasteiger partial charge in [-0.1, -0.05) is 0 Å². The van der Waals surface area contributed by atoms with Gasteiger partial charge in [0.1, 0.15) is 11.9 Å². The van der Waals surface area contributed by atoms with Crippen LogP contribution in [0.15, 0.2) is 18.3 Å². The van der Waals surface area contributed by atoms with E-state index in [1.54, 1.807) is 22.7 Å². The molecular formula is C11H10N4O2S. The zero-order valence-corrected chi connectivity index (χ0v) is 10.3. The van der Waals surface area contributed by atoms with E-state index in [4.69, 9.17) is 5.26 Å². The highest BCUT2D eigenvalue weighted by atomic mass is 32.2. The van der Waals surface area contributed by atoms with E-state index in [1.165, 1.54) is 0 Å². The van der Waals surface area contributed by atoms with Gasteiger partial charge in [0, 0.05) is 12.1 Å². The summed E-state index contributed by atoms with van der Waals surface area (Å²) in [5.74, 6) is 0.817. The molecule has 2 aromatic rings. The molecule has 0 aliphatic carbocycles. The number of aromatic nitrogens is 3. The van der Waals surface area contributed by atoms with Crippen molar-refractivity contribution in [3.63, 3.8) is 0 Å². The van der Waals surface area contributed by atoms with Crippen LogP contribution in [0.2, 0.25) is 0 Å². The second-order valence-corrected chi connectivity index (χ2v) is 6.64. The Morgan fingerprint density at radius 1 is 1.39 bits per heavy atom. The third kappa shape index (κ3) is 1.75. The largest absolute Gasteiger partial charge is 0.285 e. The summed E-state index contributed by atoms with van der Waals surface area (Å²) in [4.78, 5) is 0. The number of hydrogen-bond donors (Lipinski definition) is 0. The lowest BCUT2D eigenvalue weighted by molar-refractivity contribution is 0.601. The molecule has 0 N–H and O–H groups in total. The first-order valence-corrected chi connectivity index (χ1v) is 7.36. The van der Waals surface area contributed by atoms with Crippen LogP contribution in [-0.4, -0.2) is 34.5 Å². The van der Waals surface area contributed by atoms with Gasteiger partial charge < -0.3 is 0 Å². The summed E-state index contributed by atoms with van der Waals surface area (Å²) in [6.45, 7) is 0. The fraction of sp³-hybridized carbons (Fsp3) is 0.364. The maximum atomic E-state index is 11.5. The Labute approximate surface area is 104 Å². The van der Waals surface area contributed by atoms with Crippen molar-refractivity contribution in [2.24, 2.45) is 0 Å². The lowest BCUT2D eigenvalue weighted by Crippen LogP contribution is -2.07. The normalized spacial score (nSPS) is 22.1. The molecule has 18 heavy (non-hydrogen) atoms. The van der Waals surface area contributed by atoms with Gasteiger partial charge in [-0.05, 0) is 18.6 Å². The first kappa shape index (κ1) is 11.2. The molecule has 1 unspecified atom stereocenters. The number of sulfone groups is 1. The van der Waals surface area contributed by atoms with Crippen LogP contribution in [0.5, 0.6) is 0 Å². The number of hydrogen-bond acceptors (Lipinski definition) is 5. The molecule has 1 fully saturated rings. The van der Waals surface area contributed by atoms with Crippen LogP contribution in [-0.2, 0) is 9.84 Å². The van der Waals surface area contributed by atoms with Gasteiger partial charge in [-0.25, -0.2) is 8.42 Å². The third-order valence-corrected chi connectivity index (χ3v) is 4.92. The first-order chi connectivity index (χ1) is 8.59. The Morgan fingerprint density at radius 3 is 2.89 bits per heavy atom. The van der Waals surface area contributed by atoms with Crippen LogP contribution >= 0.6 is 0 Å². The van der Waals surface area contributed by atoms with Crippen molar-refractivity contribution >= 4 is 15.5 Å². The summed E-state index contributed by atoms with van der Waals surface area (Å²) in [5.41, 5.74) is 1.14. The Morgan fingerprint density at radius 2 is 2.22 bits per heavy atom. The fourth-order valence-electron chi connectivity index (χ4n) is 2.25. The summed E-state index contributed by atoms with van der Waals surface area (Å²) in [7, 11) is -2.95. The molecule has 1 saturated heterocycles. The van der Waals surface area contributed by atoms with Gasteiger partial charge in [-0.3, -0.25) is 4.40 Å². The van der Waals surface area contributed by atoms with Crippen molar-refractivity contribution in [2.45, 2.75) is 12.3 Å². The van der Waals surface area contributed by atoms with E-state index in [1.807, 2.05) is 6.07 Å². The van der Waals surface area contributed by atoms with Gasteiger partial charge in [0.15, 0.2) is 15.5 Å². The summed E-state index contributed by atoms with van der Waals surface area (Å²) in [6, 6.07) is 5.42. The summed E-state index contributed by atoms with van der Waals surface area (Å²) in [5, 5.41) is 16.9. The second kappa shape index (κ2) is 3.78. The van der Waals surface area contributed by atoms with E-state index in [9.17, 15) is 8.42 Å². The van der Waals surface area contributed by atoms with Gasteiger partial charge in [-0.2, -0.15) is 5.26 Å². The molecule has 92 valence electrons. The molecule has 0 saturated carbocycles. The Bertz CT molecular complexity index is 757. The molecule has 1 atom stereocenters. The lowest BCUT2D eigenvalue weighted by atomic mass is 10.1. The third-order valence-electron chi connectivity index (χ3n) is 3.16. The minimum atomic E-state index is -2.95. The summed E-state index contributed by atoms with van der Waals surface area (Å²) >= 11 is 0. The van der Waals surface area contributed by atoms with Crippen molar-refractivity contribution in [1.29, 1.82) is 5.26 Å². The van der Waals surface area contributed by atoms with Crippen LogP contribution in [0.25, 0.3) is 5.65 Å². The molecule has 0 bridgehead atoms. The van der Waals surface area contributed by atoms with Crippen molar-refractivity contribution in [3.05, 3.63) is 29.7 Å². The van der Waals surface area contributed by atoms with Crippen LogP contribution in [0, 0.1) is 11.3 Å². The molecule has 0 spiro atoms. The summed E-state index contributed by atoms with van der Waals surface area (Å²) in [6.07, 6.45) is 2.22. The predicted molar refractivity (Wildman–Crippen MR) is 63.7 cm³/mol. The van der Waals surface area contributed by atoms with Crippen molar-refractivity contribution in [3.8, 4) is 6.07 Å². The van der Waals surface area contributed by atoms with Gasteiger partial charge in [-0.15, -0.1) is 10.2 Å². The zero-order valence-electron chi connectivity index (χ0n) is 9.44. The average Bonchev–Trinajstić information content (AvgIpc) is 2.91. The average molecular weight is 262 g/mol. The molecule has 2 aromatic heterocycles. The Hall–Kier alpha value is -1.94. The standard InChI is InChI=1S/C11H10N4O2S/c12-5-8-1-2-10-13-14-11(15(10)6-8)9-3-4-18(16,17)7-9/h1-2,6,9H,3-4,7H2. The highest BCUT2D eigenvalue weighted by molar-refractivity contribution is 7.91. The van der Waals surface area contributed by atoms with Gasteiger partial charge in [0.2, 0.25) is 0 Å². The van der Waals surface area contributed by atoms with Crippen molar-refractivity contribution in [1.82, 2.24) is 14.6 Å². The van der Waals surface area contributed by atoms with Crippen molar-refractivity contribution in [2.75, 3.05) is 11.5 Å². The number of nitriles is 1. The zero-order chi connectivity index (χ0) is 12.8. The molecule has 0 radical (unpaired) electrons. The number of fused-ring (bicyclic) bond motifs is 1. The molecule has 7 heteroatoms.